The van der Waals surface area contributed by atoms with Crippen molar-refractivity contribution in [3.05, 3.63) is 82.5 Å². The van der Waals surface area contributed by atoms with E-state index in [0.29, 0.717) is 11.4 Å². The molecule has 2 aliphatic rings. The summed E-state index contributed by atoms with van der Waals surface area (Å²) in [6, 6.07) is 0. The molecule has 0 fully saturated rings. The van der Waals surface area contributed by atoms with Crippen LogP contribution in [0.2, 0.25) is 0 Å². The Labute approximate surface area is 93.0 Å². The number of nitrogens with zero attached hydrogens (tertiary/aromatic N) is 2. The SMILES string of the molecule is O=[N+]1C=CC=CC1=CC=C1C=CC=CN1[O-]. The number of rotatable bonds is 1. The summed E-state index contributed by atoms with van der Waals surface area (Å²) in [6.07, 6.45) is 16.2. The third kappa shape index (κ3) is 2.24. The molecular formula is C12H10N2O2. The van der Waals surface area contributed by atoms with Gasteiger partial charge in [-0.2, -0.15) is 0 Å². The molecule has 0 aromatic carbocycles. The normalized spacial score (nSPS) is 23.8. The fourth-order valence-electron chi connectivity index (χ4n) is 1.31. The van der Waals surface area contributed by atoms with E-state index in [4.69, 9.17) is 0 Å². The average Bonchev–Trinajstić information content (AvgIpc) is 2.30. The van der Waals surface area contributed by atoms with Gasteiger partial charge in [0.15, 0.2) is 0 Å². The first-order chi connectivity index (χ1) is 7.77. The van der Waals surface area contributed by atoms with Crippen LogP contribution in [0.5, 0.6) is 0 Å². The Hall–Kier alpha value is -2.20. The summed E-state index contributed by atoms with van der Waals surface area (Å²) in [4.78, 5) is 11.3. The molecule has 16 heavy (non-hydrogen) atoms. The van der Waals surface area contributed by atoms with Gasteiger partial charge in [0.05, 0.1) is 4.76 Å². The van der Waals surface area contributed by atoms with Gasteiger partial charge < -0.3 is 10.3 Å². The molecule has 0 unspecified atom stereocenters. The molecule has 0 amide bonds. The van der Waals surface area contributed by atoms with Crippen LogP contribution in [0.25, 0.3) is 0 Å². The van der Waals surface area contributed by atoms with E-state index in [1.807, 2.05) is 0 Å². The maximum Gasteiger partial charge on any atom is 0.262 e. The van der Waals surface area contributed by atoms with Crippen molar-refractivity contribution in [3.8, 4) is 0 Å². The Morgan fingerprint density at radius 3 is 2.69 bits per heavy atom. The molecule has 0 spiro atoms. The van der Waals surface area contributed by atoms with E-state index in [2.05, 4.69) is 0 Å². The molecule has 2 aliphatic heterocycles. The van der Waals surface area contributed by atoms with Gasteiger partial charge in [0.25, 0.3) is 5.70 Å². The molecule has 80 valence electrons. The average molecular weight is 214 g/mol. The minimum atomic E-state index is 0.492. The van der Waals surface area contributed by atoms with Gasteiger partial charge in [-0.05, 0) is 30.5 Å². The van der Waals surface area contributed by atoms with Crippen molar-refractivity contribution < 1.29 is 4.76 Å². The number of hydrogen-bond acceptors (Lipinski definition) is 3. The molecule has 2 rings (SSSR count). The van der Waals surface area contributed by atoms with Crippen LogP contribution >= 0.6 is 0 Å². The first kappa shape index (κ1) is 10.3. The van der Waals surface area contributed by atoms with Gasteiger partial charge in [0.1, 0.15) is 0 Å². The zero-order valence-corrected chi connectivity index (χ0v) is 8.48. The summed E-state index contributed by atoms with van der Waals surface area (Å²) >= 11 is 0. The summed E-state index contributed by atoms with van der Waals surface area (Å²) in [5, 5.41) is 12.1. The van der Waals surface area contributed by atoms with E-state index in [-0.39, 0.29) is 0 Å². The van der Waals surface area contributed by atoms with Crippen LogP contribution in [0.1, 0.15) is 0 Å². The highest BCUT2D eigenvalue weighted by molar-refractivity contribution is 5.33. The third-order valence-corrected chi connectivity index (χ3v) is 2.13. The van der Waals surface area contributed by atoms with Crippen LogP contribution in [0.15, 0.2) is 72.4 Å². The van der Waals surface area contributed by atoms with E-state index in [1.165, 1.54) is 12.4 Å². The first-order valence-electron chi connectivity index (χ1n) is 4.82. The smallest absolute Gasteiger partial charge is 0.262 e. The van der Waals surface area contributed by atoms with Crippen molar-refractivity contribution in [2.24, 2.45) is 0 Å². The van der Waals surface area contributed by atoms with Gasteiger partial charge in [-0.25, -0.2) is 0 Å². The molecule has 4 heteroatoms. The topological polar surface area (TPSA) is 46.4 Å². The molecule has 0 aliphatic carbocycles. The summed E-state index contributed by atoms with van der Waals surface area (Å²) in [5.74, 6) is 0. The Morgan fingerprint density at radius 2 is 1.94 bits per heavy atom. The third-order valence-electron chi connectivity index (χ3n) is 2.13. The maximum absolute atomic E-state index is 11.3. The molecule has 0 radical (unpaired) electrons. The zero-order valence-electron chi connectivity index (χ0n) is 8.48. The summed E-state index contributed by atoms with van der Waals surface area (Å²) in [6.45, 7) is 0. The highest BCUT2D eigenvalue weighted by Gasteiger charge is 2.12. The van der Waals surface area contributed by atoms with E-state index >= 15 is 0 Å². The molecular weight excluding hydrogens is 204 g/mol. The van der Waals surface area contributed by atoms with Crippen molar-refractivity contribution in [1.29, 1.82) is 0 Å². The summed E-state index contributed by atoms with van der Waals surface area (Å²) in [5.41, 5.74) is 0.984. The number of nitroso groups, excluding NO2 is 1. The predicted molar refractivity (Wildman–Crippen MR) is 61.6 cm³/mol. The number of hydrogen-bond donors (Lipinski definition) is 0. The largest absolute Gasteiger partial charge is 0.754 e. The lowest BCUT2D eigenvalue weighted by Crippen LogP contribution is -2.07. The first-order valence-corrected chi connectivity index (χ1v) is 4.82. The lowest BCUT2D eigenvalue weighted by molar-refractivity contribution is -0.419. The maximum atomic E-state index is 11.3. The second kappa shape index (κ2) is 4.55. The minimum absolute atomic E-state index is 0.492. The van der Waals surface area contributed by atoms with Crippen LogP contribution in [0.3, 0.4) is 0 Å². The molecule has 0 saturated carbocycles. The molecule has 0 N–H and O–H groups in total. The van der Waals surface area contributed by atoms with Crippen molar-refractivity contribution in [1.82, 2.24) is 5.06 Å². The van der Waals surface area contributed by atoms with Crippen molar-refractivity contribution in [2.45, 2.75) is 0 Å². The lowest BCUT2D eigenvalue weighted by atomic mass is 10.2. The second-order valence-corrected chi connectivity index (χ2v) is 3.24. The molecule has 4 nitrogen and oxygen atoms in total. The minimum Gasteiger partial charge on any atom is -0.754 e. The highest BCUT2D eigenvalue weighted by atomic mass is 16.5. The van der Waals surface area contributed by atoms with Gasteiger partial charge in [-0.3, -0.25) is 0 Å². The fourth-order valence-corrected chi connectivity index (χ4v) is 1.31. The van der Waals surface area contributed by atoms with Crippen LogP contribution in [-0.2, 0) is 0 Å². The van der Waals surface area contributed by atoms with Crippen LogP contribution in [0, 0.1) is 10.1 Å². The van der Waals surface area contributed by atoms with Gasteiger partial charge in [0, 0.05) is 28.8 Å². The van der Waals surface area contributed by atoms with Crippen molar-refractivity contribution >= 4 is 0 Å². The Morgan fingerprint density at radius 1 is 1.12 bits per heavy atom. The zero-order chi connectivity index (χ0) is 11.4. The summed E-state index contributed by atoms with van der Waals surface area (Å²) < 4.78 is 0.745. The molecule has 0 saturated heterocycles. The van der Waals surface area contributed by atoms with E-state index in [0.717, 1.165) is 9.82 Å². The van der Waals surface area contributed by atoms with Crippen molar-refractivity contribution in [2.75, 3.05) is 0 Å². The quantitative estimate of drug-likeness (QED) is 0.630. The standard InChI is InChI=1S/C12H10N2O2/c15-13-9-3-1-5-11(13)7-8-12-6-2-4-10-14(12)16/h1-10H. The highest BCUT2D eigenvalue weighted by Crippen LogP contribution is 2.12. The van der Waals surface area contributed by atoms with Gasteiger partial charge >= 0.3 is 0 Å². The van der Waals surface area contributed by atoms with Gasteiger partial charge in [-0.15, -0.1) is 0 Å². The van der Waals surface area contributed by atoms with E-state index < -0.39 is 0 Å². The molecule has 0 aromatic rings. The van der Waals surface area contributed by atoms with Gasteiger partial charge in [0.2, 0.25) is 6.20 Å². The molecule has 0 aromatic heterocycles. The summed E-state index contributed by atoms with van der Waals surface area (Å²) in [7, 11) is 0. The van der Waals surface area contributed by atoms with Crippen molar-refractivity contribution in [3.63, 3.8) is 0 Å². The van der Waals surface area contributed by atoms with Crippen LogP contribution in [0.4, 0.5) is 0 Å². The second-order valence-electron chi connectivity index (χ2n) is 3.24. The molecule has 0 atom stereocenters. The number of allylic oxidation sites excluding steroid dienone is 8. The Balaban J connectivity index is 2.19. The van der Waals surface area contributed by atoms with Crippen LogP contribution in [-0.4, -0.2) is 9.82 Å². The van der Waals surface area contributed by atoms with E-state index in [9.17, 15) is 10.1 Å². The Bertz CT molecular complexity index is 479. The van der Waals surface area contributed by atoms with Crippen LogP contribution < -0.4 is 0 Å². The lowest BCUT2D eigenvalue weighted by Gasteiger charge is -2.28. The molecule has 0 bridgehead atoms. The number of hydroxylamine groups is 2. The fraction of sp³-hybridized carbons (Fsp3) is 0. The predicted octanol–water partition coefficient (Wildman–Crippen LogP) is 2.50. The van der Waals surface area contributed by atoms with E-state index in [1.54, 1.807) is 48.6 Å². The monoisotopic (exact) mass is 214 g/mol. The Kier molecular flexibility index (Phi) is 2.93. The molecule has 2 heterocycles. The van der Waals surface area contributed by atoms with Gasteiger partial charge in [-0.1, -0.05) is 6.08 Å².